The van der Waals surface area contributed by atoms with Crippen molar-refractivity contribution in [2.45, 2.75) is 294 Å². The van der Waals surface area contributed by atoms with Crippen molar-refractivity contribution in [3.8, 4) is 0 Å². The average molecular weight is 924 g/mol. The molecule has 0 aliphatic carbocycles. The molecule has 8 unspecified atom stereocenters. The molecule has 0 aromatic heterocycles. The summed E-state index contributed by atoms with van der Waals surface area (Å²) in [7, 11) is -5.11. The van der Waals surface area contributed by atoms with Crippen LogP contribution in [0.2, 0.25) is 0 Å². The number of aliphatic hydroxyl groups excluding tert-OH is 5. The van der Waals surface area contributed by atoms with Crippen molar-refractivity contribution in [3.63, 3.8) is 0 Å². The van der Waals surface area contributed by atoms with E-state index < -0.39 is 78.5 Å². The van der Waals surface area contributed by atoms with E-state index in [2.05, 4.69) is 23.3 Å². The molecule has 14 heteroatoms. The van der Waals surface area contributed by atoms with E-state index in [4.69, 9.17) is 9.47 Å². The molecule has 1 heterocycles. The molecular weight excluding hydrogens is 827 g/mol. The molecule has 8 atom stereocenters. The molecule has 63 heavy (non-hydrogen) atoms. The average Bonchev–Trinajstić information content (AvgIpc) is 3.25. The molecule has 7 N–H and O–H groups in total. The van der Waals surface area contributed by atoms with Gasteiger partial charge in [0, 0.05) is 0 Å². The van der Waals surface area contributed by atoms with Crippen LogP contribution in [0.5, 0.6) is 0 Å². The van der Waals surface area contributed by atoms with Gasteiger partial charge in [0.15, 0.2) is 6.29 Å². The van der Waals surface area contributed by atoms with Crippen molar-refractivity contribution in [1.82, 2.24) is 5.32 Å². The highest BCUT2D eigenvalue weighted by molar-refractivity contribution is 7.80. The largest absolute Gasteiger partial charge is 0.397 e. The quantitative estimate of drug-likeness (QED) is 0.0225. The van der Waals surface area contributed by atoms with E-state index in [0.29, 0.717) is 19.3 Å². The fourth-order valence-electron chi connectivity index (χ4n) is 8.64. The summed E-state index contributed by atoms with van der Waals surface area (Å²) < 4.78 is 47.7. The molecule has 1 rings (SSSR count). The lowest BCUT2D eigenvalue weighted by atomic mass is 9.99. The third kappa shape index (κ3) is 32.4. The zero-order valence-electron chi connectivity index (χ0n) is 40.0. The van der Waals surface area contributed by atoms with E-state index in [0.717, 1.165) is 38.5 Å². The topological polar surface area (TPSA) is 212 Å². The van der Waals surface area contributed by atoms with Gasteiger partial charge >= 0.3 is 10.4 Å². The summed E-state index contributed by atoms with van der Waals surface area (Å²) in [6.45, 7) is 3.31. The predicted molar refractivity (Wildman–Crippen MR) is 252 cm³/mol. The molecular formula is C49H97NO12S. The molecule has 0 spiro atoms. The maximum Gasteiger partial charge on any atom is 0.397 e. The maximum absolute atomic E-state index is 13.1. The molecule has 1 saturated heterocycles. The van der Waals surface area contributed by atoms with E-state index >= 15 is 0 Å². The standard InChI is InChI=1S/C49H97NO12S/c1-3-5-7-9-11-13-15-17-18-19-20-21-22-23-24-26-27-29-31-33-35-37-42(52)41(40-60-49-46(55)47(62-63(57,58)59)45(54)44(39-51)61-49)50-48(56)43(53)38-36-34-32-30-28-25-16-14-12-10-8-6-4-2/h41-47,49,51-55H,3-40H2,1-2H3,(H,50,56)(H,57,58,59). The second kappa shape index (κ2) is 40.2. The van der Waals surface area contributed by atoms with Crippen molar-refractivity contribution in [2.24, 2.45) is 0 Å². The molecule has 0 aromatic carbocycles. The Balaban J connectivity index is 2.46. The number of amides is 1. The van der Waals surface area contributed by atoms with E-state index in [9.17, 15) is 43.3 Å². The Kier molecular flexibility index (Phi) is 38.3. The number of carbonyl (C=O) groups excluding carboxylic acids is 1. The van der Waals surface area contributed by atoms with E-state index in [1.807, 2.05) is 0 Å². The van der Waals surface area contributed by atoms with Gasteiger partial charge < -0.3 is 40.3 Å². The van der Waals surface area contributed by atoms with Crippen molar-refractivity contribution in [2.75, 3.05) is 13.2 Å². The summed E-state index contributed by atoms with van der Waals surface area (Å²) >= 11 is 0. The Morgan fingerprint density at radius 3 is 1.27 bits per heavy atom. The Morgan fingerprint density at radius 1 is 0.571 bits per heavy atom. The minimum Gasteiger partial charge on any atom is -0.394 e. The van der Waals surface area contributed by atoms with Crippen LogP contribution in [0.1, 0.15) is 245 Å². The first kappa shape index (κ1) is 60.1. The monoisotopic (exact) mass is 924 g/mol. The van der Waals surface area contributed by atoms with Crippen molar-refractivity contribution < 1.29 is 57.0 Å². The number of hydrogen-bond donors (Lipinski definition) is 7. The third-order valence-electron chi connectivity index (χ3n) is 12.8. The summed E-state index contributed by atoms with van der Waals surface area (Å²) in [6, 6.07) is -1.03. The number of nitrogens with one attached hydrogen (secondary N) is 1. The van der Waals surface area contributed by atoms with E-state index in [1.165, 1.54) is 167 Å². The van der Waals surface area contributed by atoms with Crippen molar-refractivity contribution in [1.29, 1.82) is 0 Å². The summed E-state index contributed by atoms with van der Waals surface area (Å²) in [5, 5.41) is 55.5. The van der Waals surface area contributed by atoms with Gasteiger partial charge in [0.2, 0.25) is 5.91 Å². The first-order valence-electron chi connectivity index (χ1n) is 26.0. The first-order valence-corrected chi connectivity index (χ1v) is 27.4. The highest BCUT2D eigenvalue weighted by Gasteiger charge is 2.48. The lowest BCUT2D eigenvalue weighted by Crippen LogP contribution is -2.61. The molecule has 0 aromatic rings. The molecule has 0 saturated carbocycles. The zero-order chi connectivity index (χ0) is 46.4. The molecule has 1 amide bonds. The molecule has 0 radical (unpaired) electrons. The third-order valence-corrected chi connectivity index (χ3v) is 13.2. The number of hydrogen-bond acceptors (Lipinski definition) is 11. The van der Waals surface area contributed by atoms with Crippen LogP contribution < -0.4 is 5.32 Å². The van der Waals surface area contributed by atoms with Crippen LogP contribution in [0.4, 0.5) is 0 Å². The number of rotatable bonds is 45. The van der Waals surface area contributed by atoms with Gasteiger partial charge in [-0.1, -0.05) is 232 Å². The Labute approximate surface area is 384 Å². The molecule has 1 aliphatic heterocycles. The highest BCUT2D eigenvalue weighted by atomic mass is 32.3. The summed E-state index contributed by atoms with van der Waals surface area (Å²) in [5.41, 5.74) is 0. The lowest BCUT2D eigenvalue weighted by molar-refractivity contribution is -0.298. The molecule has 376 valence electrons. The Morgan fingerprint density at radius 2 is 0.921 bits per heavy atom. The highest BCUT2D eigenvalue weighted by Crippen LogP contribution is 2.26. The summed E-state index contributed by atoms with van der Waals surface area (Å²) in [5.74, 6) is -0.665. The van der Waals surface area contributed by atoms with Crippen LogP contribution in [0, 0.1) is 0 Å². The summed E-state index contributed by atoms with van der Waals surface area (Å²) in [6.07, 6.45) is 31.4. The van der Waals surface area contributed by atoms with E-state index in [-0.39, 0.29) is 6.42 Å². The maximum atomic E-state index is 13.1. The second-order valence-corrected chi connectivity index (χ2v) is 19.7. The van der Waals surface area contributed by atoms with Gasteiger partial charge in [-0.3, -0.25) is 9.35 Å². The Hall–Kier alpha value is -0.940. The second-order valence-electron chi connectivity index (χ2n) is 18.6. The predicted octanol–water partition coefficient (Wildman–Crippen LogP) is 9.92. The van der Waals surface area contributed by atoms with Crippen LogP contribution in [-0.2, 0) is 28.9 Å². The first-order chi connectivity index (χ1) is 30.4. The summed E-state index contributed by atoms with van der Waals surface area (Å²) in [4.78, 5) is 13.1. The smallest absolute Gasteiger partial charge is 0.394 e. The van der Waals surface area contributed by atoms with Gasteiger partial charge in [0.25, 0.3) is 0 Å². The van der Waals surface area contributed by atoms with Crippen LogP contribution in [-0.4, -0.2) is 107 Å². The molecule has 1 aliphatic rings. The van der Waals surface area contributed by atoms with Gasteiger partial charge in [-0.05, 0) is 12.8 Å². The van der Waals surface area contributed by atoms with Gasteiger partial charge in [0.1, 0.15) is 30.5 Å². The van der Waals surface area contributed by atoms with Crippen LogP contribution >= 0.6 is 0 Å². The fourth-order valence-corrected chi connectivity index (χ4v) is 9.15. The van der Waals surface area contributed by atoms with Gasteiger partial charge in [-0.15, -0.1) is 0 Å². The van der Waals surface area contributed by atoms with Gasteiger partial charge in [-0.25, -0.2) is 4.18 Å². The van der Waals surface area contributed by atoms with Crippen molar-refractivity contribution in [3.05, 3.63) is 0 Å². The molecule has 13 nitrogen and oxygen atoms in total. The number of carbonyl (C=O) groups is 1. The Bertz CT molecular complexity index is 1150. The van der Waals surface area contributed by atoms with Crippen molar-refractivity contribution >= 4 is 16.3 Å². The lowest BCUT2D eigenvalue weighted by Gasteiger charge is -2.41. The number of aliphatic hydroxyl groups is 5. The number of unbranched alkanes of at least 4 members (excludes halogenated alkanes) is 32. The SMILES string of the molecule is CCCCCCCCCCCCCCCCCCCCCCCC(O)C(COC1OC(CO)C(O)C(OS(=O)(=O)O)C1O)NC(=O)C(O)CCCCCCCCCCCCCCC. The van der Waals surface area contributed by atoms with Crippen LogP contribution in [0.3, 0.4) is 0 Å². The molecule has 1 fully saturated rings. The zero-order valence-corrected chi connectivity index (χ0v) is 40.8. The van der Waals surface area contributed by atoms with E-state index in [1.54, 1.807) is 0 Å². The van der Waals surface area contributed by atoms with Gasteiger partial charge in [0.05, 0.1) is 25.4 Å². The minimum atomic E-state index is -5.11. The molecule has 0 bridgehead atoms. The normalized spacial score (nSPS) is 20.8. The van der Waals surface area contributed by atoms with Crippen LogP contribution in [0.25, 0.3) is 0 Å². The van der Waals surface area contributed by atoms with Gasteiger partial charge in [-0.2, -0.15) is 8.42 Å². The minimum absolute atomic E-state index is 0.266. The van der Waals surface area contributed by atoms with Crippen LogP contribution in [0.15, 0.2) is 0 Å². The fraction of sp³-hybridized carbons (Fsp3) is 0.980. The number of ether oxygens (including phenoxy) is 2.